The third kappa shape index (κ3) is 3.35. The van der Waals surface area contributed by atoms with Crippen molar-refractivity contribution < 1.29 is 9.32 Å². The fourth-order valence-corrected chi connectivity index (χ4v) is 3.51. The molecular formula is C21H21N5O2. The fraction of sp³-hybridized carbons (Fsp3) is 0.333. The molecule has 7 nitrogen and oxygen atoms in total. The second-order valence-corrected chi connectivity index (χ2v) is 7.29. The Morgan fingerprint density at radius 3 is 2.36 bits per heavy atom. The van der Waals surface area contributed by atoms with Crippen LogP contribution in [0.5, 0.6) is 0 Å². The minimum Gasteiger partial charge on any atom is -0.368 e. The summed E-state index contributed by atoms with van der Waals surface area (Å²) in [6, 6.07) is 11.8. The summed E-state index contributed by atoms with van der Waals surface area (Å²) in [6.45, 7) is 3.03. The predicted molar refractivity (Wildman–Crippen MR) is 104 cm³/mol. The number of amides is 1. The van der Waals surface area contributed by atoms with E-state index < -0.39 is 0 Å². The molecule has 1 aromatic carbocycles. The van der Waals surface area contributed by atoms with E-state index in [1.165, 1.54) is 0 Å². The third-order valence-electron chi connectivity index (χ3n) is 5.35. The van der Waals surface area contributed by atoms with Crippen LogP contribution in [-0.2, 0) is 0 Å². The first kappa shape index (κ1) is 16.9. The second-order valence-electron chi connectivity index (χ2n) is 7.29. The van der Waals surface area contributed by atoms with Gasteiger partial charge >= 0.3 is 0 Å². The third-order valence-corrected chi connectivity index (χ3v) is 5.35. The van der Waals surface area contributed by atoms with E-state index in [1.54, 1.807) is 24.5 Å². The summed E-state index contributed by atoms with van der Waals surface area (Å²) in [4.78, 5) is 25.2. The molecule has 0 N–H and O–H groups in total. The minimum absolute atomic E-state index is 0.0703. The smallest absolute Gasteiger partial charge is 0.254 e. The molecule has 0 unspecified atom stereocenters. The molecule has 142 valence electrons. The summed E-state index contributed by atoms with van der Waals surface area (Å²) in [5, 5.41) is 4.10. The lowest BCUT2D eigenvalue weighted by atomic mass is 10.1. The molecule has 3 aromatic rings. The van der Waals surface area contributed by atoms with Gasteiger partial charge in [-0.25, -0.2) is 0 Å². The number of anilines is 1. The highest BCUT2D eigenvalue weighted by Gasteiger charge is 2.29. The Morgan fingerprint density at radius 1 is 0.964 bits per heavy atom. The van der Waals surface area contributed by atoms with Gasteiger partial charge in [-0.15, -0.1) is 0 Å². The predicted octanol–water partition coefficient (Wildman–Crippen LogP) is 2.97. The van der Waals surface area contributed by atoms with Crippen LogP contribution in [0.15, 0.2) is 53.3 Å². The second kappa shape index (κ2) is 7.07. The summed E-state index contributed by atoms with van der Waals surface area (Å²) in [5.41, 5.74) is 2.80. The zero-order valence-corrected chi connectivity index (χ0v) is 15.5. The van der Waals surface area contributed by atoms with E-state index in [0.29, 0.717) is 30.4 Å². The quantitative estimate of drug-likeness (QED) is 0.698. The van der Waals surface area contributed by atoms with Gasteiger partial charge in [-0.3, -0.25) is 9.78 Å². The van der Waals surface area contributed by atoms with Crippen LogP contribution in [0.3, 0.4) is 0 Å². The van der Waals surface area contributed by atoms with Crippen LogP contribution in [-0.4, -0.2) is 52.1 Å². The van der Waals surface area contributed by atoms with Crippen molar-refractivity contribution in [1.29, 1.82) is 0 Å². The van der Waals surface area contributed by atoms with Crippen molar-refractivity contribution in [2.45, 2.75) is 18.8 Å². The van der Waals surface area contributed by atoms with Crippen molar-refractivity contribution in [3.63, 3.8) is 0 Å². The van der Waals surface area contributed by atoms with Gasteiger partial charge in [0.15, 0.2) is 0 Å². The van der Waals surface area contributed by atoms with Crippen LogP contribution < -0.4 is 4.90 Å². The summed E-state index contributed by atoms with van der Waals surface area (Å²) in [7, 11) is 0. The highest BCUT2D eigenvalue weighted by atomic mass is 16.5. The topological polar surface area (TPSA) is 75.4 Å². The minimum atomic E-state index is 0.0703. The van der Waals surface area contributed by atoms with E-state index in [1.807, 2.05) is 17.0 Å². The van der Waals surface area contributed by atoms with Crippen LogP contribution in [0.1, 0.15) is 35.0 Å². The van der Waals surface area contributed by atoms with Gasteiger partial charge in [-0.05, 0) is 49.2 Å². The fourth-order valence-electron chi connectivity index (χ4n) is 3.51. The maximum Gasteiger partial charge on any atom is 0.254 e. The van der Waals surface area contributed by atoms with Gasteiger partial charge in [0.2, 0.25) is 11.7 Å². The number of hydrogen-bond donors (Lipinski definition) is 0. The number of hydrogen-bond acceptors (Lipinski definition) is 6. The molecule has 2 fully saturated rings. The van der Waals surface area contributed by atoms with Gasteiger partial charge in [0.05, 0.1) is 0 Å². The molecule has 1 saturated heterocycles. The number of carbonyl (C=O) groups is 1. The monoisotopic (exact) mass is 375 g/mol. The number of benzene rings is 1. The normalized spacial score (nSPS) is 17.0. The van der Waals surface area contributed by atoms with Crippen molar-refractivity contribution in [1.82, 2.24) is 20.0 Å². The molecule has 2 aliphatic rings. The zero-order valence-electron chi connectivity index (χ0n) is 15.5. The first-order chi connectivity index (χ1) is 13.8. The SMILES string of the molecule is O=C(c1ccncc1)N1CCN(c2ccc(-c3noc(C4CC4)n3)cc2)CC1. The van der Waals surface area contributed by atoms with Gasteiger partial charge in [0.1, 0.15) is 0 Å². The number of aromatic nitrogens is 3. The maximum absolute atomic E-state index is 12.6. The van der Waals surface area contributed by atoms with Gasteiger partial charge in [-0.1, -0.05) is 5.16 Å². The zero-order chi connectivity index (χ0) is 18.9. The first-order valence-electron chi connectivity index (χ1n) is 9.66. The average Bonchev–Trinajstić information content (AvgIpc) is 3.51. The lowest BCUT2D eigenvalue weighted by Gasteiger charge is -2.36. The average molecular weight is 375 g/mol. The van der Waals surface area contributed by atoms with Gasteiger partial charge in [-0.2, -0.15) is 4.98 Å². The van der Waals surface area contributed by atoms with Crippen molar-refractivity contribution in [2.24, 2.45) is 0 Å². The molecular weight excluding hydrogens is 354 g/mol. The number of carbonyl (C=O) groups excluding carboxylic acids is 1. The molecule has 0 atom stereocenters. The summed E-state index contributed by atoms with van der Waals surface area (Å²) in [6.07, 6.45) is 5.61. The molecule has 1 aliphatic carbocycles. The number of rotatable bonds is 4. The summed E-state index contributed by atoms with van der Waals surface area (Å²) >= 11 is 0. The maximum atomic E-state index is 12.6. The Hall–Kier alpha value is -3.22. The van der Waals surface area contributed by atoms with Crippen molar-refractivity contribution in [2.75, 3.05) is 31.1 Å². The van der Waals surface area contributed by atoms with E-state index in [0.717, 1.165) is 43.1 Å². The molecule has 7 heteroatoms. The number of nitrogens with zero attached hydrogens (tertiary/aromatic N) is 5. The lowest BCUT2D eigenvalue weighted by Crippen LogP contribution is -2.48. The van der Waals surface area contributed by atoms with Crippen molar-refractivity contribution in [3.05, 3.63) is 60.2 Å². The Kier molecular flexibility index (Phi) is 4.27. The molecule has 1 aliphatic heterocycles. The molecule has 3 heterocycles. The van der Waals surface area contributed by atoms with E-state index in [2.05, 4.69) is 32.2 Å². The molecule has 0 bridgehead atoms. The molecule has 0 spiro atoms. The largest absolute Gasteiger partial charge is 0.368 e. The summed E-state index contributed by atoms with van der Waals surface area (Å²) in [5.74, 6) is 1.95. The number of pyridine rings is 1. The van der Waals surface area contributed by atoms with Crippen molar-refractivity contribution in [3.8, 4) is 11.4 Å². The molecule has 28 heavy (non-hydrogen) atoms. The molecule has 0 radical (unpaired) electrons. The van der Waals surface area contributed by atoms with Crippen LogP contribution in [0.4, 0.5) is 5.69 Å². The number of piperazine rings is 1. The van der Waals surface area contributed by atoms with Crippen LogP contribution >= 0.6 is 0 Å². The molecule has 1 saturated carbocycles. The molecule has 1 amide bonds. The highest BCUT2D eigenvalue weighted by molar-refractivity contribution is 5.94. The van der Waals surface area contributed by atoms with E-state index in [-0.39, 0.29) is 5.91 Å². The van der Waals surface area contributed by atoms with Gasteiger partial charge in [0.25, 0.3) is 5.91 Å². The Labute approximate surface area is 163 Å². The van der Waals surface area contributed by atoms with E-state index >= 15 is 0 Å². The standard InChI is InChI=1S/C21H21N5O2/c27-21(17-7-9-22-10-8-17)26-13-11-25(12-14-26)18-5-3-15(4-6-18)19-23-20(28-24-19)16-1-2-16/h3-10,16H,1-2,11-14H2. The van der Waals surface area contributed by atoms with Gasteiger partial charge in [0, 0.05) is 61.3 Å². The Bertz CT molecular complexity index is 958. The van der Waals surface area contributed by atoms with E-state index in [9.17, 15) is 4.79 Å². The Morgan fingerprint density at radius 2 is 1.68 bits per heavy atom. The van der Waals surface area contributed by atoms with Crippen LogP contribution in [0.25, 0.3) is 11.4 Å². The van der Waals surface area contributed by atoms with Crippen LogP contribution in [0, 0.1) is 0 Å². The van der Waals surface area contributed by atoms with Crippen molar-refractivity contribution >= 4 is 11.6 Å². The van der Waals surface area contributed by atoms with Gasteiger partial charge < -0.3 is 14.3 Å². The lowest BCUT2D eigenvalue weighted by molar-refractivity contribution is 0.0746. The summed E-state index contributed by atoms with van der Waals surface area (Å²) < 4.78 is 5.35. The highest BCUT2D eigenvalue weighted by Crippen LogP contribution is 2.39. The molecule has 2 aromatic heterocycles. The Balaban J connectivity index is 1.22. The van der Waals surface area contributed by atoms with E-state index in [4.69, 9.17) is 4.52 Å². The van der Waals surface area contributed by atoms with Crippen LogP contribution in [0.2, 0.25) is 0 Å². The molecule has 5 rings (SSSR count). The first-order valence-corrected chi connectivity index (χ1v) is 9.66.